The molecule has 3 nitrogen and oxygen atoms in total. The van der Waals surface area contributed by atoms with Gasteiger partial charge < -0.3 is 10.2 Å². The average molecular weight is 172 g/mol. The fourth-order valence-corrected chi connectivity index (χ4v) is 0.454. The van der Waals surface area contributed by atoms with Gasteiger partial charge in [-0.25, -0.2) is 18.0 Å². The second-order valence-electron chi connectivity index (χ2n) is 2.07. The average Bonchev–Trinajstić information content (AvgIpc) is 1.86. The van der Waals surface area contributed by atoms with Crippen LogP contribution in [0.3, 0.4) is 0 Å². The molecule has 0 saturated carbocycles. The molecule has 0 aromatic carbocycles. The molecule has 0 heterocycles. The van der Waals surface area contributed by atoms with Crippen LogP contribution in [0.4, 0.5) is 13.2 Å². The molecule has 0 aliphatic carbocycles. The molecular formula is C5H7F3O3. The van der Waals surface area contributed by atoms with Gasteiger partial charge in [-0.15, -0.1) is 0 Å². The topological polar surface area (TPSA) is 57.5 Å². The van der Waals surface area contributed by atoms with Gasteiger partial charge in [0, 0.05) is 0 Å². The Morgan fingerprint density at radius 3 is 2.09 bits per heavy atom. The summed E-state index contributed by atoms with van der Waals surface area (Å²) in [6.45, 7) is -1.72. The van der Waals surface area contributed by atoms with E-state index in [2.05, 4.69) is 0 Å². The summed E-state index contributed by atoms with van der Waals surface area (Å²) in [6.07, 6.45) is -4.43. The minimum Gasteiger partial charge on any atom is -0.479 e. The predicted molar refractivity (Wildman–Crippen MR) is 29.2 cm³/mol. The second-order valence-corrected chi connectivity index (χ2v) is 2.07. The molecule has 0 aliphatic rings. The van der Waals surface area contributed by atoms with E-state index in [0.717, 1.165) is 0 Å². The number of halogens is 3. The van der Waals surface area contributed by atoms with E-state index in [0.29, 0.717) is 0 Å². The van der Waals surface area contributed by atoms with Gasteiger partial charge in [0.1, 0.15) is 6.67 Å². The van der Waals surface area contributed by atoms with Crippen molar-refractivity contribution in [3.8, 4) is 0 Å². The van der Waals surface area contributed by atoms with E-state index in [9.17, 15) is 18.0 Å². The summed E-state index contributed by atoms with van der Waals surface area (Å²) in [5, 5.41) is 16.7. The molecule has 0 fully saturated rings. The molecule has 2 N–H and O–H groups in total. The van der Waals surface area contributed by atoms with E-state index in [1.165, 1.54) is 0 Å². The number of aliphatic carboxylic acids is 1. The zero-order valence-electron chi connectivity index (χ0n) is 5.43. The van der Waals surface area contributed by atoms with Crippen molar-refractivity contribution in [2.45, 2.75) is 18.4 Å². The van der Waals surface area contributed by atoms with E-state index < -0.39 is 31.1 Å². The lowest BCUT2D eigenvalue weighted by molar-refractivity contribution is -0.164. The molecule has 0 aliphatic heterocycles. The lowest BCUT2D eigenvalue weighted by Gasteiger charge is -2.18. The number of carboxylic acid groups (broad SMARTS) is 1. The Kier molecular flexibility index (Phi) is 3.31. The molecule has 0 radical (unpaired) electrons. The monoisotopic (exact) mass is 172 g/mol. The van der Waals surface area contributed by atoms with Gasteiger partial charge in [-0.1, -0.05) is 0 Å². The van der Waals surface area contributed by atoms with Crippen molar-refractivity contribution in [1.29, 1.82) is 0 Å². The van der Waals surface area contributed by atoms with Crippen LogP contribution in [-0.2, 0) is 4.79 Å². The van der Waals surface area contributed by atoms with Gasteiger partial charge in [0.2, 0.25) is 6.43 Å². The summed E-state index contributed by atoms with van der Waals surface area (Å²) in [5.74, 6) is -1.97. The highest BCUT2D eigenvalue weighted by Crippen LogP contribution is 2.16. The fourth-order valence-electron chi connectivity index (χ4n) is 0.454. The Hall–Kier alpha value is -0.780. The first-order valence-corrected chi connectivity index (χ1v) is 2.72. The third kappa shape index (κ3) is 2.75. The number of carbonyl (C=O) groups is 1. The van der Waals surface area contributed by atoms with E-state index in [1.807, 2.05) is 0 Å². The molecule has 0 aromatic rings. The number of carboxylic acids is 1. The highest BCUT2D eigenvalue weighted by molar-refractivity contribution is 5.77. The van der Waals surface area contributed by atoms with Crippen molar-refractivity contribution in [1.82, 2.24) is 0 Å². The molecule has 0 aromatic heterocycles. The highest BCUT2D eigenvalue weighted by Gasteiger charge is 2.39. The minimum absolute atomic E-state index is 1.39. The molecule has 1 atom stereocenters. The Labute approximate surface area is 60.4 Å². The summed E-state index contributed by atoms with van der Waals surface area (Å²) in [5.41, 5.74) is -2.94. The first-order chi connectivity index (χ1) is 4.92. The van der Waals surface area contributed by atoms with Gasteiger partial charge >= 0.3 is 5.97 Å². The van der Waals surface area contributed by atoms with Crippen LogP contribution in [0.5, 0.6) is 0 Å². The lowest BCUT2D eigenvalue weighted by atomic mass is 10.0. The van der Waals surface area contributed by atoms with Gasteiger partial charge in [-0.3, -0.25) is 0 Å². The van der Waals surface area contributed by atoms with Gasteiger partial charge in [0.25, 0.3) is 0 Å². The molecule has 6 heteroatoms. The Morgan fingerprint density at radius 2 is 2.00 bits per heavy atom. The number of rotatable bonds is 4. The molecule has 0 bridgehead atoms. The first-order valence-electron chi connectivity index (χ1n) is 2.72. The van der Waals surface area contributed by atoms with Crippen molar-refractivity contribution in [3.63, 3.8) is 0 Å². The van der Waals surface area contributed by atoms with Crippen LogP contribution in [0, 0.1) is 0 Å². The molecule has 0 spiro atoms. The van der Waals surface area contributed by atoms with E-state index in [1.54, 1.807) is 0 Å². The number of hydrogen-bond acceptors (Lipinski definition) is 2. The summed E-state index contributed by atoms with van der Waals surface area (Å²) < 4.78 is 34.7. The normalized spacial score (nSPS) is 16.5. The summed E-state index contributed by atoms with van der Waals surface area (Å²) >= 11 is 0. The molecule has 0 saturated heterocycles. The maximum absolute atomic E-state index is 11.7. The fraction of sp³-hybridized carbons (Fsp3) is 0.800. The van der Waals surface area contributed by atoms with Crippen molar-refractivity contribution in [2.75, 3.05) is 6.67 Å². The van der Waals surface area contributed by atoms with Crippen LogP contribution < -0.4 is 0 Å². The summed E-state index contributed by atoms with van der Waals surface area (Å²) in [4.78, 5) is 9.96. The second kappa shape index (κ2) is 3.56. The highest BCUT2D eigenvalue weighted by atomic mass is 19.3. The first kappa shape index (κ1) is 10.2. The molecule has 11 heavy (non-hydrogen) atoms. The van der Waals surface area contributed by atoms with Crippen LogP contribution in [0.2, 0.25) is 0 Å². The van der Waals surface area contributed by atoms with Crippen LogP contribution in [0.15, 0.2) is 0 Å². The number of aliphatic hydroxyl groups is 1. The van der Waals surface area contributed by atoms with Crippen molar-refractivity contribution in [2.24, 2.45) is 0 Å². The smallest absolute Gasteiger partial charge is 0.338 e. The SMILES string of the molecule is O=C(O)[C@](O)(CF)CC(F)F. The maximum atomic E-state index is 11.7. The molecule has 0 unspecified atom stereocenters. The summed E-state index contributed by atoms with van der Waals surface area (Å²) in [6, 6.07) is 0. The third-order valence-electron chi connectivity index (χ3n) is 1.11. The molecule has 0 amide bonds. The lowest BCUT2D eigenvalue weighted by Crippen LogP contribution is -2.42. The van der Waals surface area contributed by atoms with Crippen LogP contribution in [0.25, 0.3) is 0 Å². The van der Waals surface area contributed by atoms with Crippen LogP contribution in [-0.4, -0.2) is 34.9 Å². The van der Waals surface area contributed by atoms with Gasteiger partial charge in [0.05, 0.1) is 6.42 Å². The minimum atomic E-state index is -3.04. The zero-order valence-corrected chi connectivity index (χ0v) is 5.43. The van der Waals surface area contributed by atoms with E-state index in [-0.39, 0.29) is 0 Å². The van der Waals surface area contributed by atoms with Crippen molar-refractivity contribution < 1.29 is 28.2 Å². The quantitative estimate of drug-likeness (QED) is 0.646. The van der Waals surface area contributed by atoms with Gasteiger partial charge in [-0.2, -0.15) is 0 Å². The summed E-state index contributed by atoms with van der Waals surface area (Å²) in [7, 11) is 0. The Morgan fingerprint density at radius 1 is 1.55 bits per heavy atom. The number of hydrogen-bond donors (Lipinski definition) is 2. The maximum Gasteiger partial charge on any atom is 0.338 e. The van der Waals surface area contributed by atoms with Gasteiger partial charge in [0.15, 0.2) is 5.60 Å². The van der Waals surface area contributed by atoms with Crippen molar-refractivity contribution in [3.05, 3.63) is 0 Å². The van der Waals surface area contributed by atoms with E-state index in [4.69, 9.17) is 10.2 Å². The van der Waals surface area contributed by atoms with E-state index >= 15 is 0 Å². The predicted octanol–water partition coefficient (Wildman–Crippen LogP) is 0.427. The Bertz CT molecular complexity index is 150. The molecule has 66 valence electrons. The largest absolute Gasteiger partial charge is 0.479 e. The molecular weight excluding hydrogens is 165 g/mol. The van der Waals surface area contributed by atoms with Crippen LogP contribution in [0.1, 0.15) is 6.42 Å². The Balaban J connectivity index is 4.22. The zero-order chi connectivity index (χ0) is 9.07. The standard InChI is InChI=1S/C5H7F3O3/c6-2-5(11,4(9)10)1-3(7)8/h3,11H,1-2H2,(H,9,10)/t5-/m1/s1. The van der Waals surface area contributed by atoms with Crippen LogP contribution >= 0.6 is 0 Å². The molecule has 0 rings (SSSR count). The van der Waals surface area contributed by atoms with Crippen molar-refractivity contribution >= 4 is 5.97 Å². The third-order valence-corrected chi connectivity index (χ3v) is 1.11. The number of alkyl halides is 3. The van der Waals surface area contributed by atoms with Gasteiger partial charge in [-0.05, 0) is 0 Å².